The number of nitrogens with zero attached hydrogens (tertiary/aromatic N) is 1. The van der Waals surface area contributed by atoms with Gasteiger partial charge in [-0.2, -0.15) is 0 Å². The number of aliphatic hydroxyl groups excluding tert-OH is 2. The van der Waals surface area contributed by atoms with Crippen LogP contribution in [0.25, 0.3) is 0 Å². The predicted octanol–water partition coefficient (Wildman–Crippen LogP) is 4.23. The summed E-state index contributed by atoms with van der Waals surface area (Å²) in [6, 6.07) is 5.96. The Morgan fingerprint density at radius 1 is 1.30 bits per heavy atom. The Kier molecular flexibility index (Phi) is 6.58. The topological polar surface area (TPSA) is 82.0 Å². The molecule has 6 heteroatoms. The van der Waals surface area contributed by atoms with E-state index in [9.17, 15) is 15.0 Å². The van der Waals surface area contributed by atoms with Crippen molar-refractivity contribution in [2.45, 2.75) is 58.7 Å². The van der Waals surface area contributed by atoms with Gasteiger partial charge in [0.25, 0.3) is 5.91 Å². The number of methoxy groups -OCH3 is 1. The number of nitrogens with one attached hydrogen (secondary N) is 1. The molecular weight excluding hydrogens is 380 g/mol. The number of hydrogen-bond acceptors (Lipinski definition) is 5. The van der Waals surface area contributed by atoms with E-state index in [-0.39, 0.29) is 28.4 Å². The third kappa shape index (κ3) is 4.87. The van der Waals surface area contributed by atoms with Crippen molar-refractivity contribution in [2.75, 3.05) is 20.3 Å². The fourth-order valence-electron chi connectivity index (χ4n) is 4.25. The van der Waals surface area contributed by atoms with E-state index in [1.807, 2.05) is 18.2 Å². The van der Waals surface area contributed by atoms with Crippen molar-refractivity contribution in [1.82, 2.24) is 10.2 Å². The first-order valence-corrected chi connectivity index (χ1v) is 10.6. The number of aliphatic hydroxyl groups is 2. The molecule has 1 aliphatic heterocycles. The highest BCUT2D eigenvalue weighted by Crippen LogP contribution is 2.40. The Hall–Kier alpha value is -2.31. The molecule has 1 aliphatic carbocycles. The molecule has 2 aliphatic rings. The van der Waals surface area contributed by atoms with Crippen molar-refractivity contribution in [3.05, 3.63) is 58.6 Å². The van der Waals surface area contributed by atoms with E-state index in [0.717, 1.165) is 37.1 Å². The van der Waals surface area contributed by atoms with Gasteiger partial charge in [0.05, 0.1) is 6.61 Å². The Morgan fingerprint density at radius 3 is 2.77 bits per heavy atom. The minimum Gasteiger partial charge on any atom is -0.508 e. The zero-order chi connectivity index (χ0) is 21.9. The highest BCUT2D eigenvalue weighted by molar-refractivity contribution is 5.96. The summed E-state index contributed by atoms with van der Waals surface area (Å²) in [5.41, 5.74) is 2.81. The summed E-state index contributed by atoms with van der Waals surface area (Å²) in [4.78, 5) is 15.0. The molecule has 0 fully saturated rings. The number of benzene rings is 1. The number of fused-ring (bicyclic) bond motifs is 1. The fourth-order valence-corrected chi connectivity index (χ4v) is 4.25. The van der Waals surface area contributed by atoms with E-state index in [2.05, 4.69) is 37.1 Å². The summed E-state index contributed by atoms with van der Waals surface area (Å²) < 4.78 is 5.02. The van der Waals surface area contributed by atoms with Gasteiger partial charge in [-0.25, -0.2) is 0 Å². The van der Waals surface area contributed by atoms with Crippen LogP contribution >= 0.6 is 0 Å². The molecule has 1 aromatic carbocycles. The first kappa shape index (κ1) is 22.4. The lowest BCUT2D eigenvalue weighted by atomic mass is 9.76. The molecule has 6 nitrogen and oxygen atoms in total. The van der Waals surface area contributed by atoms with Crippen molar-refractivity contribution in [1.29, 1.82) is 0 Å². The quantitative estimate of drug-likeness (QED) is 0.555. The first-order valence-electron chi connectivity index (χ1n) is 10.6. The summed E-state index contributed by atoms with van der Waals surface area (Å²) in [5.74, 6) is -0.0148. The van der Waals surface area contributed by atoms with Crippen LogP contribution in [0.2, 0.25) is 0 Å². The van der Waals surface area contributed by atoms with Gasteiger partial charge in [0.15, 0.2) is 5.76 Å². The zero-order valence-electron chi connectivity index (χ0n) is 18.5. The summed E-state index contributed by atoms with van der Waals surface area (Å²) in [7, 11) is 1.62. The Bertz CT molecular complexity index is 859. The maximum absolute atomic E-state index is 12.6. The lowest BCUT2D eigenvalue weighted by Gasteiger charge is -2.39. The maximum atomic E-state index is 12.6. The molecular formula is C24H34N2O4. The van der Waals surface area contributed by atoms with Gasteiger partial charge in [0, 0.05) is 44.3 Å². The molecule has 1 unspecified atom stereocenters. The lowest BCUT2D eigenvalue weighted by molar-refractivity contribution is 0.0909. The largest absolute Gasteiger partial charge is 0.508 e. The monoisotopic (exact) mass is 414 g/mol. The smallest absolute Gasteiger partial charge is 0.251 e. The molecule has 0 radical (unpaired) electrons. The van der Waals surface area contributed by atoms with Crippen LogP contribution in [-0.4, -0.2) is 46.8 Å². The summed E-state index contributed by atoms with van der Waals surface area (Å²) in [6.45, 7) is 9.14. The SMILES string of the molecule is COCCNC(=O)c1cccc2c1CN(C(C)(C)CCC1(C)C=CC(O)=C(O)C1)C2. The third-order valence-electron chi connectivity index (χ3n) is 6.49. The van der Waals surface area contributed by atoms with E-state index >= 15 is 0 Å². The van der Waals surface area contributed by atoms with Gasteiger partial charge < -0.3 is 20.3 Å². The number of allylic oxidation sites excluding steroid dienone is 3. The molecule has 0 aromatic heterocycles. The fraction of sp³-hybridized carbons (Fsp3) is 0.542. The van der Waals surface area contributed by atoms with Crippen molar-refractivity contribution in [2.24, 2.45) is 5.41 Å². The van der Waals surface area contributed by atoms with Gasteiger partial charge in [-0.15, -0.1) is 0 Å². The minimum absolute atomic E-state index is 0.0296. The molecule has 3 N–H and O–H groups in total. The molecule has 0 saturated carbocycles. The van der Waals surface area contributed by atoms with Crippen LogP contribution < -0.4 is 5.32 Å². The standard InChI is InChI=1S/C24H34N2O4/c1-23(2,10-11-24(3)9-8-20(27)21(28)14-24)26-15-17-6-5-7-18(19(17)16-26)22(29)25-12-13-30-4/h5-9,27-28H,10-16H2,1-4H3,(H,25,29). The Morgan fingerprint density at radius 2 is 2.07 bits per heavy atom. The van der Waals surface area contributed by atoms with Gasteiger partial charge >= 0.3 is 0 Å². The molecule has 0 spiro atoms. The van der Waals surface area contributed by atoms with Crippen molar-refractivity contribution >= 4 is 5.91 Å². The van der Waals surface area contributed by atoms with Crippen LogP contribution in [0.5, 0.6) is 0 Å². The Balaban J connectivity index is 1.66. The van der Waals surface area contributed by atoms with Gasteiger partial charge in [0.1, 0.15) is 5.76 Å². The number of amides is 1. The summed E-state index contributed by atoms with van der Waals surface area (Å²) in [5, 5.41) is 22.5. The summed E-state index contributed by atoms with van der Waals surface area (Å²) >= 11 is 0. The van der Waals surface area contributed by atoms with Crippen molar-refractivity contribution < 1.29 is 19.7 Å². The van der Waals surface area contributed by atoms with Crippen LogP contribution in [0.1, 0.15) is 61.5 Å². The van der Waals surface area contributed by atoms with E-state index < -0.39 is 0 Å². The molecule has 1 aromatic rings. The zero-order valence-corrected chi connectivity index (χ0v) is 18.5. The summed E-state index contributed by atoms with van der Waals surface area (Å²) in [6.07, 6.45) is 5.89. The lowest BCUT2D eigenvalue weighted by Crippen LogP contribution is -2.41. The third-order valence-corrected chi connectivity index (χ3v) is 6.49. The molecule has 0 saturated heterocycles. The maximum Gasteiger partial charge on any atom is 0.251 e. The minimum atomic E-state index is -0.174. The van der Waals surface area contributed by atoms with Crippen molar-refractivity contribution in [3.8, 4) is 0 Å². The van der Waals surface area contributed by atoms with Crippen molar-refractivity contribution in [3.63, 3.8) is 0 Å². The van der Waals surface area contributed by atoms with E-state index in [4.69, 9.17) is 4.74 Å². The van der Waals surface area contributed by atoms with Crippen LogP contribution in [0.3, 0.4) is 0 Å². The number of ether oxygens (including phenoxy) is 1. The highest BCUT2D eigenvalue weighted by atomic mass is 16.5. The second kappa shape index (κ2) is 8.82. The van der Waals surface area contributed by atoms with Gasteiger partial charge in [-0.05, 0) is 55.4 Å². The predicted molar refractivity (Wildman–Crippen MR) is 117 cm³/mol. The number of hydrogen-bond donors (Lipinski definition) is 3. The number of carbonyl (C=O) groups excluding carboxylic acids is 1. The molecule has 1 heterocycles. The molecule has 1 atom stereocenters. The molecule has 30 heavy (non-hydrogen) atoms. The molecule has 164 valence electrons. The van der Waals surface area contributed by atoms with Gasteiger partial charge in [0.2, 0.25) is 0 Å². The van der Waals surface area contributed by atoms with E-state index in [1.54, 1.807) is 13.2 Å². The van der Waals surface area contributed by atoms with E-state index in [1.165, 1.54) is 5.56 Å². The van der Waals surface area contributed by atoms with Gasteiger partial charge in [-0.3, -0.25) is 9.69 Å². The molecule has 3 rings (SSSR count). The van der Waals surface area contributed by atoms with E-state index in [0.29, 0.717) is 19.6 Å². The second-order valence-electron chi connectivity index (χ2n) is 9.36. The number of rotatable bonds is 8. The molecule has 1 amide bonds. The Labute approximate surface area is 179 Å². The normalized spacial score (nSPS) is 21.7. The van der Waals surface area contributed by atoms with Gasteiger partial charge in [-0.1, -0.05) is 25.1 Å². The molecule has 0 bridgehead atoms. The van der Waals surface area contributed by atoms with Crippen LogP contribution in [-0.2, 0) is 17.8 Å². The second-order valence-corrected chi connectivity index (χ2v) is 9.36. The average molecular weight is 415 g/mol. The number of carbonyl (C=O) groups is 1. The first-order chi connectivity index (χ1) is 14.1. The van der Waals surface area contributed by atoms with Crippen LogP contribution in [0.4, 0.5) is 0 Å². The highest BCUT2D eigenvalue weighted by Gasteiger charge is 2.36. The van der Waals surface area contributed by atoms with Crippen LogP contribution in [0, 0.1) is 5.41 Å². The van der Waals surface area contributed by atoms with Crippen LogP contribution in [0.15, 0.2) is 41.9 Å². The average Bonchev–Trinajstić information content (AvgIpc) is 3.15.